The number of aliphatic hydroxyl groups is 1. The molecule has 0 spiro atoms. The van der Waals surface area contributed by atoms with Gasteiger partial charge in [-0.25, -0.2) is 8.42 Å². The average molecular weight is 267 g/mol. The standard InChI is InChI=1S/C9H17NO6S/c1-15-9(12)8(5-11)10-17(13,14)6-7-3-2-4-16-7/h7-8,10-11H,2-6H2,1H3. The van der Waals surface area contributed by atoms with Crippen LogP contribution in [0.5, 0.6) is 0 Å². The Morgan fingerprint density at radius 3 is 2.82 bits per heavy atom. The summed E-state index contributed by atoms with van der Waals surface area (Å²) in [6.45, 7) is -0.0853. The van der Waals surface area contributed by atoms with Crippen molar-refractivity contribution in [3.8, 4) is 0 Å². The number of nitrogens with one attached hydrogen (secondary N) is 1. The summed E-state index contributed by atoms with van der Waals surface area (Å²) in [7, 11) is -2.54. The van der Waals surface area contributed by atoms with Crippen molar-refractivity contribution in [1.82, 2.24) is 4.72 Å². The lowest BCUT2D eigenvalue weighted by Crippen LogP contribution is -2.46. The molecule has 7 nitrogen and oxygen atoms in total. The molecule has 2 atom stereocenters. The van der Waals surface area contributed by atoms with Crippen LogP contribution in [0.2, 0.25) is 0 Å². The SMILES string of the molecule is COC(=O)C(CO)NS(=O)(=O)CC1CCCO1. The lowest BCUT2D eigenvalue weighted by molar-refractivity contribution is -0.143. The van der Waals surface area contributed by atoms with Crippen molar-refractivity contribution < 1.29 is 27.8 Å². The van der Waals surface area contributed by atoms with Crippen molar-refractivity contribution in [1.29, 1.82) is 0 Å². The van der Waals surface area contributed by atoms with Crippen LogP contribution in [0.1, 0.15) is 12.8 Å². The molecule has 1 aliphatic rings. The summed E-state index contributed by atoms with van der Waals surface area (Å²) in [5.74, 6) is -1.02. The zero-order valence-corrected chi connectivity index (χ0v) is 10.4. The van der Waals surface area contributed by atoms with Crippen LogP contribution in [-0.2, 0) is 24.3 Å². The summed E-state index contributed by atoms with van der Waals surface area (Å²) in [5, 5.41) is 8.89. The van der Waals surface area contributed by atoms with E-state index in [0.29, 0.717) is 13.0 Å². The molecule has 0 saturated carbocycles. The Balaban J connectivity index is 2.54. The highest BCUT2D eigenvalue weighted by Gasteiger charge is 2.28. The number of aliphatic hydroxyl groups excluding tert-OH is 1. The second-order valence-corrected chi connectivity index (χ2v) is 5.59. The van der Waals surface area contributed by atoms with Gasteiger partial charge < -0.3 is 14.6 Å². The van der Waals surface area contributed by atoms with Crippen LogP contribution in [0.25, 0.3) is 0 Å². The minimum atomic E-state index is -3.67. The molecule has 0 aromatic heterocycles. The van der Waals surface area contributed by atoms with Crippen LogP contribution in [0.4, 0.5) is 0 Å². The molecule has 0 radical (unpaired) electrons. The van der Waals surface area contributed by atoms with Gasteiger partial charge in [-0.1, -0.05) is 0 Å². The molecule has 8 heteroatoms. The second-order valence-electron chi connectivity index (χ2n) is 3.79. The highest BCUT2D eigenvalue weighted by Crippen LogP contribution is 2.13. The fraction of sp³-hybridized carbons (Fsp3) is 0.889. The Labute approximate surface area is 100 Å². The highest BCUT2D eigenvalue weighted by atomic mass is 32.2. The maximum Gasteiger partial charge on any atom is 0.326 e. The van der Waals surface area contributed by atoms with Crippen LogP contribution in [0.15, 0.2) is 0 Å². The molecule has 100 valence electrons. The van der Waals surface area contributed by atoms with Crippen LogP contribution in [0, 0.1) is 0 Å². The van der Waals surface area contributed by atoms with Crippen molar-refractivity contribution in [3.63, 3.8) is 0 Å². The molecule has 0 bridgehead atoms. The third kappa shape index (κ3) is 4.58. The molecule has 1 saturated heterocycles. The number of methoxy groups -OCH3 is 1. The third-order valence-corrected chi connectivity index (χ3v) is 3.87. The maximum atomic E-state index is 11.7. The lowest BCUT2D eigenvalue weighted by atomic mass is 10.3. The summed E-state index contributed by atoms with van der Waals surface area (Å²) in [5.41, 5.74) is 0. The average Bonchev–Trinajstić information content (AvgIpc) is 2.76. The maximum absolute atomic E-state index is 11.7. The number of hydrogen-bond acceptors (Lipinski definition) is 6. The molecule has 0 aromatic carbocycles. The van der Waals surface area contributed by atoms with Gasteiger partial charge in [0.1, 0.15) is 6.04 Å². The molecule has 1 aliphatic heterocycles. The number of carbonyl (C=O) groups is 1. The van der Waals surface area contributed by atoms with Crippen molar-refractivity contribution in [2.45, 2.75) is 25.0 Å². The van der Waals surface area contributed by atoms with Gasteiger partial charge in [0.2, 0.25) is 10.0 Å². The van der Waals surface area contributed by atoms with Crippen LogP contribution in [-0.4, -0.2) is 57.7 Å². The zero-order chi connectivity index (χ0) is 12.9. The monoisotopic (exact) mass is 267 g/mol. The molecule has 0 amide bonds. The van der Waals surface area contributed by atoms with Crippen LogP contribution < -0.4 is 4.72 Å². The molecule has 1 heterocycles. The zero-order valence-electron chi connectivity index (χ0n) is 9.59. The molecular formula is C9H17NO6S. The number of esters is 1. The summed E-state index contributed by atoms with van der Waals surface area (Å²) < 4.78 is 35.0. The van der Waals surface area contributed by atoms with Crippen molar-refractivity contribution in [3.05, 3.63) is 0 Å². The van der Waals surface area contributed by atoms with E-state index in [0.717, 1.165) is 13.5 Å². The van der Waals surface area contributed by atoms with Gasteiger partial charge in [0.05, 0.1) is 25.6 Å². The first-order valence-electron chi connectivity index (χ1n) is 5.29. The molecule has 2 N–H and O–H groups in total. The van der Waals surface area contributed by atoms with Gasteiger partial charge in [-0.2, -0.15) is 4.72 Å². The second kappa shape index (κ2) is 6.29. The Kier molecular flexibility index (Phi) is 5.31. The van der Waals surface area contributed by atoms with Gasteiger partial charge in [-0.3, -0.25) is 4.79 Å². The number of sulfonamides is 1. The largest absolute Gasteiger partial charge is 0.468 e. The van der Waals surface area contributed by atoms with E-state index >= 15 is 0 Å². The summed E-state index contributed by atoms with van der Waals surface area (Å²) in [4.78, 5) is 11.1. The molecule has 0 aromatic rings. The predicted molar refractivity (Wildman–Crippen MR) is 58.8 cm³/mol. The topological polar surface area (TPSA) is 102 Å². The first-order valence-corrected chi connectivity index (χ1v) is 6.94. The van der Waals surface area contributed by atoms with E-state index in [1.807, 2.05) is 0 Å². The van der Waals surface area contributed by atoms with E-state index in [1.54, 1.807) is 0 Å². The quantitative estimate of drug-likeness (QED) is 0.575. The van der Waals surface area contributed by atoms with Crippen LogP contribution >= 0.6 is 0 Å². The van der Waals surface area contributed by atoms with Crippen molar-refractivity contribution >= 4 is 16.0 Å². The minimum Gasteiger partial charge on any atom is -0.468 e. The molecule has 0 aliphatic carbocycles. The van der Waals surface area contributed by atoms with Gasteiger partial charge in [0, 0.05) is 6.61 Å². The van der Waals surface area contributed by atoms with Crippen LogP contribution in [0.3, 0.4) is 0 Å². The van der Waals surface area contributed by atoms with E-state index in [9.17, 15) is 13.2 Å². The van der Waals surface area contributed by atoms with Gasteiger partial charge in [-0.15, -0.1) is 0 Å². The molecular weight excluding hydrogens is 250 g/mol. The lowest BCUT2D eigenvalue weighted by Gasteiger charge is -2.16. The fourth-order valence-electron chi connectivity index (χ4n) is 1.59. The predicted octanol–water partition coefficient (Wildman–Crippen LogP) is -1.38. The Bertz CT molecular complexity index is 348. The Morgan fingerprint density at radius 2 is 2.35 bits per heavy atom. The van der Waals surface area contributed by atoms with Gasteiger partial charge in [-0.05, 0) is 12.8 Å². The minimum absolute atomic E-state index is 0.208. The summed E-state index contributed by atoms with van der Waals surface area (Å²) in [6, 6.07) is -1.26. The smallest absolute Gasteiger partial charge is 0.326 e. The molecule has 1 fully saturated rings. The number of carbonyl (C=O) groups excluding carboxylic acids is 1. The molecule has 1 rings (SSSR count). The van der Waals surface area contributed by atoms with E-state index in [1.165, 1.54) is 0 Å². The third-order valence-electron chi connectivity index (χ3n) is 2.42. The fourth-order valence-corrected chi connectivity index (χ4v) is 3.04. The Morgan fingerprint density at radius 1 is 1.65 bits per heavy atom. The van der Waals surface area contributed by atoms with Crippen molar-refractivity contribution in [2.24, 2.45) is 0 Å². The Hall–Kier alpha value is -0.700. The number of ether oxygens (including phenoxy) is 2. The van der Waals surface area contributed by atoms with E-state index in [2.05, 4.69) is 9.46 Å². The molecule has 2 unspecified atom stereocenters. The van der Waals surface area contributed by atoms with Crippen molar-refractivity contribution in [2.75, 3.05) is 26.1 Å². The van der Waals surface area contributed by atoms with E-state index in [-0.39, 0.29) is 11.9 Å². The number of rotatable bonds is 6. The van der Waals surface area contributed by atoms with Gasteiger partial charge in [0.15, 0.2) is 0 Å². The summed E-state index contributed by atoms with van der Waals surface area (Å²) >= 11 is 0. The highest BCUT2D eigenvalue weighted by molar-refractivity contribution is 7.89. The van der Waals surface area contributed by atoms with Gasteiger partial charge in [0.25, 0.3) is 0 Å². The summed E-state index contributed by atoms with van der Waals surface area (Å²) in [6.07, 6.45) is 1.17. The normalized spacial score (nSPS) is 22.4. The van der Waals surface area contributed by atoms with Gasteiger partial charge >= 0.3 is 5.97 Å². The first-order chi connectivity index (χ1) is 7.98. The number of hydrogen-bond donors (Lipinski definition) is 2. The first kappa shape index (κ1) is 14.4. The van der Waals surface area contributed by atoms with E-state index < -0.39 is 28.6 Å². The molecule has 17 heavy (non-hydrogen) atoms. The van der Waals surface area contributed by atoms with E-state index in [4.69, 9.17) is 9.84 Å².